The third-order valence-corrected chi connectivity index (χ3v) is 1.97. The van der Waals surface area contributed by atoms with Gasteiger partial charge < -0.3 is 4.74 Å². The van der Waals surface area contributed by atoms with Crippen LogP contribution in [0.4, 0.5) is 5.69 Å². The van der Waals surface area contributed by atoms with Crippen LogP contribution >= 0.6 is 0 Å². The summed E-state index contributed by atoms with van der Waals surface area (Å²) in [6.45, 7) is 0. The zero-order valence-corrected chi connectivity index (χ0v) is 8.46. The zero-order chi connectivity index (χ0) is 11.2. The summed E-state index contributed by atoms with van der Waals surface area (Å²) in [5.74, 6) is 1.39. The van der Waals surface area contributed by atoms with Gasteiger partial charge in [-0.1, -0.05) is 24.3 Å². The first-order chi connectivity index (χ1) is 7.88. The van der Waals surface area contributed by atoms with E-state index in [2.05, 4.69) is 4.99 Å². The number of carbonyl (C=O) groups excluding carboxylic acids is 1. The third kappa shape index (κ3) is 2.56. The molecule has 0 aliphatic rings. The van der Waals surface area contributed by atoms with Gasteiger partial charge in [-0.05, 0) is 24.3 Å². The summed E-state index contributed by atoms with van der Waals surface area (Å²) in [6, 6.07) is 16.4. The lowest BCUT2D eigenvalue weighted by Crippen LogP contribution is -1.82. The van der Waals surface area contributed by atoms with E-state index >= 15 is 0 Å². The second kappa shape index (κ2) is 4.91. The first kappa shape index (κ1) is 10.1. The van der Waals surface area contributed by atoms with E-state index in [0.29, 0.717) is 11.4 Å². The molecule has 0 heterocycles. The molecule has 0 amide bonds. The van der Waals surface area contributed by atoms with Gasteiger partial charge in [0.2, 0.25) is 6.08 Å². The predicted octanol–water partition coefficient (Wildman–Crippen LogP) is 3.45. The number of ether oxygens (including phenoxy) is 1. The number of nitrogens with zero attached hydrogens (tertiary/aromatic N) is 1. The van der Waals surface area contributed by atoms with Crippen molar-refractivity contribution in [2.75, 3.05) is 0 Å². The Hall–Kier alpha value is -2.38. The summed E-state index contributed by atoms with van der Waals surface area (Å²) in [7, 11) is 0. The van der Waals surface area contributed by atoms with E-state index in [1.165, 1.54) is 6.08 Å². The summed E-state index contributed by atoms with van der Waals surface area (Å²) in [5.41, 5.74) is 0.531. The van der Waals surface area contributed by atoms with E-state index in [1.54, 1.807) is 24.3 Å². The summed E-state index contributed by atoms with van der Waals surface area (Å²) >= 11 is 0. The molecule has 0 aliphatic carbocycles. The standard InChI is InChI=1S/C13H9NO2/c15-10-14-11-5-4-8-13(9-11)16-12-6-2-1-3-7-12/h1-9H. The van der Waals surface area contributed by atoms with Crippen LogP contribution in [-0.2, 0) is 4.79 Å². The molecule has 0 saturated carbocycles. The molecule has 0 N–H and O–H groups in total. The number of benzene rings is 2. The molecule has 78 valence electrons. The Balaban J connectivity index is 2.22. The van der Waals surface area contributed by atoms with Crippen LogP contribution in [0.2, 0.25) is 0 Å². The Bertz CT molecular complexity index is 516. The van der Waals surface area contributed by atoms with Crippen molar-refractivity contribution >= 4 is 11.8 Å². The number of hydrogen-bond donors (Lipinski definition) is 0. The lowest BCUT2D eigenvalue weighted by molar-refractivity contribution is 0.483. The molecule has 0 radical (unpaired) electrons. The van der Waals surface area contributed by atoms with Crippen LogP contribution in [0, 0.1) is 0 Å². The lowest BCUT2D eigenvalue weighted by Gasteiger charge is -2.04. The fraction of sp³-hybridized carbons (Fsp3) is 0. The maximum Gasteiger partial charge on any atom is 0.240 e. The van der Waals surface area contributed by atoms with Gasteiger partial charge in [0, 0.05) is 6.07 Å². The van der Waals surface area contributed by atoms with Gasteiger partial charge in [0.15, 0.2) is 0 Å². The molecule has 0 aliphatic heterocycles. The summed E-state index contributed by atoms with van der Waals surface area (Å²) in [6.07, 6.45) is 1.49. The Morgan fingerprint density at radius 2 is 1.69 bits per heavy atom. The van der Waals surface area contributed by atoms with Crippen molar-refractivity contribution in [3.63, 3.8) is 0 Å². The molecule has 2 aromatic carbocycles. The van der Waals surface area contributed by atoms with Gasteiger partial charge in [0.25, 0.3) is 0 Å². The average molecular weight is 211 g/mol. The summed E-state index contributed by atoms with van der Waals surface area (Å²) in [5, 5.41) is 0. The Kier molecular flexibility index (Phi) is 3.12. The molecular weight excluding hydrogens is 202 g/mol. The Labute approximate surface area is 93.0 Å². The van der Waals surface area contributed by atoms with Crippen molar-refractivity contribution in [3.05, 3.63) is 54.6 Å². The molecular formula is C13H9NO2. The Morgan fingerprint density at radius 3 is 2.44 bits per heavy atom. The minimum atomic E-state index is 0.531. The fourth-order valence-corrected chi connectivity index (χ4v) is 1.29. The van der Waals surface area contributed by atoms with Crippen LogP contribution in [-0.4, -0.2) is 6.08 Å². The normalized spacial score (nSPS) is 9.25. The van der Waals surface area contributed by atoms with Gasteiger partial charge in [-0.15, -0.1) is 0 Å². The quantitative estimate of drug-likeness (QED) is 0.576. The molecule has 2 aromatic rings. The topological polar surface area (TPSA) is 38.7 Å². The van der Waals surface area contributed by atoms with Gasteiger partial charge in [-0.25, -0.2) is 4.79 Å². The third-order valence-electron chi connectivity index (χ3n) is 1.97. The smallest absolute Gasteiger partial charge is 0.240 e. The SMILES string of the molecule is O=C=Nc1cccc(Oc2ccccc2)c1. The highest BCUT2D eigenvalue weighted by molar-refractivity contribution is 5.51. The zero-order valence-electron chi connectivity index (χ0n) is 8.46. The molecule has 3 heteroatoms. The van der Waals surface area contributed by atoms with Gasteiger partial charge in [0.1, 0.15) is 11.5 Å². The summed E-state index contributed by atoms with van der Waals surface area (Å²) in [4.78, 5) is 13.6. The Morgan fingerprint density at radius 1 is 0.938 bits per heavy atom. The highest BCUT2D eigenvalue weighted by Gasteiger charge is 1.97. The van der Waals surface area contributed by atoms with Crippen molar-refractivity contribution in [2.45, 2.75) is 0 Å². The van der Waals surface area contributed by atoms with Crippen molar-refractivity contribution in [1.29, 1.82) is 0 Å². The van der Waals surface area contributed by atoms with E-state index in [0.717, 1.165) is 5.75 Å². The minimum Gasteiger partial charge on any atom is -0.457 e. The summed E-state index contributed by atoms with van der Waals surface area (Å²) < 4.78 is 5.58. The van der Waals surface area contributed by atoms with Crippen LogP contribution in [0.1, 0.15) is 0 Å². The number of isocyanates is 1. The molecule has 0 spiro atoms. The van der Waals surface area contributed by atoms with E-state index < -0.39 is 0 Å². The largest absolute Gasteiger partial charge is 0.457 e. The minimum absolute atomic E-state index is 0.531. The van der Waals surface area contributed by atoms with Gasteiger partial charge >= 0.3 is 0 Å². The molecule has 0 unspecified atom stereocenters. The molecule has 0 fully saturated rings. The van der Waals surface area contributed by atoms with Crippen molar-refractivity contribution < 1.29 is 9.53 Å². The number of aliphatic imine (C=N–C) groups is 1. The van der Waals surface area contributed by atoms with Crippen LogP contribution in [0.5, 0.6) is 11.5 Å². The first-order valence-corrected chi connectivity index (χ1v) is 4.79. The highest BCUT2D eigenvalue weighted by atomic mass is 16.5. The highest BCUT2D eigenvalue weighted by Crippen LogP contribution is 2.24. The second-order valence-electron chi connectivity index (χ2n) is 3.12. The molecule has 0 saturated heterocycles. The molecule has 2 rings (SSSR count). The molecule has 0 aromatic heterocycles. The molecule has 3 nitrogen and oxygen atoms in total. The molecule has 16 heavy (non-hydrogen) atoms. The maximum absolute atomic E-state index is 10.1. The van der Waals surface area contributed by atoms with Crippen molar-refractivity contribution in [1.82, 2.24) is 0 Å². The van der Waals surface area contributed by atoms with Crippen molar-refractivity contribution in [3.8, 4) is 11.5 Å². The fourth-order valence-electron chi connectivity index (χ4n) is 1.29. The molecule has 0 atom stereocenters. The number of hydrogen-bond acceptors (Lipinski definition) is 3. The van der Waals surface area contributed by atoms with E-state index in [4.69, 9.17) is 4.74 Å². The van der Waals surface area contributed by atoms with Gasteiger partial charge in [0.05, 0.1) is 5.69 Å². The van der Waals surface area contributed by atoms with Crippen LogP contribution in [0.15, 0.2) is 59.6 Å². The van der Waals surface area contributed by atoms with Crippen molar-refractivity contribution in [2.24, 2.45) is 4.99 Å². The molecule has 0 bridgehead atoms. The van der Waals surface area contributed by atoms with E-state index in [1.807, 2.05) is 30.3 Å². The van der Waals surface area contributed by atoms with E-state index in [9.17, 15) is 4.79 Å². The maximum atomic E-state index is 10.1. The van der Waals surface area contributed by atoms with Crippen LogP contribution < -0.4 is 4.74 Å². The van der Waals surface area contributed by atoms with Crippen LogP contribution in [0.25, 0.3) is 0 Å². The van der Waals surface area contributed by atoms with Gasteiger partial charge in [-0.2, -0.15) is 4.99 Å². The monoisotopic (exact) mass is 211 g/mol. The lowest BCUT2D eigenvalue weighted by atomic mass is 10.3. The predicted molar refractivity (Wildman–Crippen MR) is 60.7 cm³/mol. The van der Waals surface area contributed by atoms with Gasteiger partial charge in [-0.3, -0.25) is 0 Å². The number of rotatable bonds is 3. The van der Waals surface area contributed by atoms with E-state index in [-0.39, 0.29) is 0 Å². The number of para-hydroxylation sites is 1. The first-order valence-electron chi connectivity index (χ1n) is 4.79. The van der Waals surface area contributed by atoms with Crippen LogP contribution in [0.3, 0.4) is 0 Å². The average Bonchev–Trinajstić information content (AvgIpc) is 2.31. The second-order valence-corrected chi connectivity index (χ2v) is 3.12.